The number of unbranched alkanes of at least 4 members (excludes halogenated alkanes) is 2. The van der Waals surface area contributed by atoms with Crippen molar-refractivity contribution in [2.75, 3.05) is 11.1 Å². The third-order valence-corrected chi connectivity index (χ3v) is 6.05. The van der Waals surface area contributed by atoms with Crippen molar-refractivity contribution >= 4 is 39.3 Å². The highest BCUT2D eigenvalue weighted by Crippen LogP contribution is 2.24. The van der Waals surface area contributed by atoms with Crippen LogP contribution in [0.2, 0.25) is 0 Å². The number of hydrogen-bond acceptors (Lipinski definition) is 5. The number of anilines is 2. The Bertz CT molecular complexity index is 1530. The van der Waals surface area contributed by atoms with Gasteiger partial charge < -0.3 is 20.0 Å². The number of nitrogens with zero attached hydrogens (tertiary/aromatic N) is 2. The van der Waals surface area contributed by atoms with Gasteiger partial charge in [0.2, 0.25) is 17.2 Å². The normalized spacial score (nSPS) is 11.2. The number of nitrogen functional groups attached to an aromatic ring is 1. The van der Waals surface area contributed by atoms with Crippen molar-refractivity contribution in [3.8, 4) is 11.5 Å². The number of nitrogens with two attached hydrogens (primary N) is 1. The topological polar surface area (TPSA) is 103 Å². The molecule has 3 aromatic carbocycles. The summed E-state index contributed by atoms with van der Waals surface area (Å²) in [6.45, 7) is 0.710. The van der Waals surface area contributed by atoms with Gasteiger partial charge in [-0.05, 0) is 49.2 Å². The molecule has 2 heterocycles. The van der Waals surface area contributed by atoms with Gasteiger partial charge in [-0.15, -0.1) is 0 Å². The van der Waals surface area contributed by atoms with Gasteiger partial charge in [-0.25, -0.2) is 4.98 Å². The predicted octanol–water partition coefficient (Wildman–Crippen LogP) is 5.59. The molecule has 176 valence electrons. The average Bonchev–Trinajstić information content (AvgIpc) is 3.31. The van der Waals surface area contributed by atoms with E-state index >= 15 is 0 Å². The summed E-state index contributed by atoms with van der Waals surface area (Å²) < 4.78 is 7.96. The van der Waals surface area contributed by atoms with Gasteiger partial charge in [-0.2, -0.15) is 0 Å². The van der Waals surface area contributed by atoms with E-state index in [4.69, 9.17) is 10.2 Å². The number of carbonyl (C=O) groups excluding carboxylic acids is 1. The quantitative estimate of drug-likeness (QED) is 0.229. The predicted molar refractivity (Wildman–Crippen MR) is 139 cm³/mol. The first kappa shape index (κ1) is 22.4. The molecule has 0 saturated heterocycles. The molecule has 7 nitrogen and oxygen atoms in total. The Labute approximate surface area is 202 Å². The Balaban J connectivity index is 1.28. The molecule has 0 bridgehead atoms. The maximum absolute atomic E-state index is 13.2. The van der Waals surface area contributed by atoms with Gasteiger partial charge in [0.05, 0.1) is 16.9 Å². The van der Waals surface area contributed by atoms with E-state index in [9.17, 15) is 9.59 Å². The van der Waals surface area contributed by atoms with Gasteiger partial charge in [0.1, 0.15) is 11.1 Å². The molecule has 0 atom stereocenters. The number of para-hydroxylation sites is 5. The van der Waals surface area contributed by atoms with Crippen LogP contribution in [0.3, 0.4) is 0 Å². The minimum atomic E-state index is -0.0970. The molecule has 0 saturated carbocycles. The number of rotatable bonds is 8. The average molecular weight is 467 g/mol. The van der Waals surface area contributed by atoms with Gasteiger partial charge in [0, 0.05) is 24.5 Å². The van der Waals surface area contributed by atoms with Crippen LogP contribution in [-0.4, -0.2) is 15.5 Å². The van der Waals surface area contributed by atoms with Crippen LogP contribution < -0.4 is 16.5 Å². The number of amides is 1. The third kappa shape index (κ3) is 4.80. The molecule has 1 amide bonds. The second kappa shape index (κ2) is 9.85. The van der Waals surface area contributed by atoms with Crippen molar-refractivity contribution in [3.63, 3.8) is 0 Å². The highest BCUT2D eigenvalue weighted by molar-refractivity contribution is 5.93. The highest BCUT2D eigenvalue weighted by Gasteiger charge is 2.16. The van der Waals surface area contributed by atoms with E-state index in [1.165, 1.54) is 0 Å². The summed E-state index contributed by atoms with van der Waals surface area (Å²) in [5, 5.41) is 3.50. The third-order valence-electron chi connectivity index (χ3n) is 6.05. The molecule has 0 radical (unpaired) electrons. The van der Waals surface area contributed by atoms with Crippen LogP contribution in [-0.2, 0) is 11.3 Å². The van der Waals surface area contributed by atoms with Crippen molar-refractivity contribution in [3.05, 3.63) is 89.2 Å². The second-order valence-electron chi connectivity index (χ2n) is 8.52. The Kier molecular flexibility index (Phi) is 6.30. The molecule has 5 aromatic rings. The van der Waals surface area contributed by atoms with E-state index in [0.717, 1.165) is 30.3 Å². The lowest BCUT2D eigenvalue weighted by Gasteiger charge is -2.12. The summed E-state index contributed by atoms with van der Waals surface area (Å²) in [5.74, 6) is 0.280. The minimum Gasteiger partial charge on any atom is -0.436 e. The molecule has 0 spiro atoms. The van der Waals surface area contributed by atoms with Crippen molar-refractivity contribution in [1.29, 1.82) is 0 Å². The molecule has 0 unspecified atom stereocenters. The van der Waals surface area contributed by atoms with E-state index in [2.05, 4.69) is 14.9 Å². The number of carbonyl (C=O) groups is 1. The zero-order valence-corrected chi connectivity index (χ0v) is 19.2. The molecule has 7 heteroatoms. The van der Waals surface area contributed by atoms with Gasteiger partial charge in [0.15, 0.2) is 5.58 Å². The molecule has 0 aliphatic rings. The fraction of sp³-hybridized carbons (Fsp3) is 0.179. The minimum absolute atomic E-state index is 0.0463. The monoisotopic (exact) mass is 466 g/mol. The lowest BCUT2D eigenvalue weighted by molar-refractivity contribution is -0.116. The van der Waals surface area contributed by atoms with E-state index in [1.54, 1.807) is 12.1 Å². The fourth-order valence-electron chi connectivity index (χ4n) is 4.24. The molecular weight excluding hydrogens is 440 g/mol. The lowest BCUT2D eigenvalue weighted by atomic mass is 10.1. The molecule has 35 heavy (non-hydrogen) atoms. The summed E-state index contributed by atoms with van der Waals surface area (Å²) in [7, 11) is 0. The number of pyridine rings is 1. The summed E-state index contributed by atoms with van der Waals surface area (Å²) in [6.07, 6.45) is 4.75. The van der Waals surface area contributed by atoms with Crippen LogP contribution in [0.5, 0.6) is 0 Å². The number of nitrogens with one attached hydrogen (secondary N) is 1. The van der Waals surface area contributed by atoms with Crippen molar-refractivity contribution < 1.29 is 9.21 Å². The summed E-state index contributed by atoms with van der Waals surface area (Å²) >= 11 is 0. The van der Waals surface area contributed by atoms with Gasteiger partial charge in [-0.1, -0.05) is 42.8 Å². The van der Waals surface area contributed by atoms with Crippen LogP contribution in [0, 0.1) is 0 Å². The Morgan fingerprint density at radius 1 is 0.943 bits per heavy atom. The summed E-state index contributed by atoms with van der Waals surface area (Å²) in [4.78, 5) is 30.0. The van der Waals surface area contributed by atoms with Crippen molar-refractivity contribution in [2.45, 2.75) is 32.2 Å². The zero-order chi connectivity index (χ0) is 24.2. The van der Waals surface area contributed by atoms with Gasteiger partial charge >= 0.3 is 0 Å². The number of fused-ring (bicyclic) bond motifs is 2. The first-order chi connectivity index (χ1) is 17.1. The zero-order valence-electron chi connectivity index (χ0n) is 19.2. The van der Waals surface area contributed by atoms with Crippen LogP contribution in [0.1, 0.15) is 25.7 Å². The molecule has 0 aliphatic carbocycles. The first-order valence-electron chi connectivity index (χ1n) is 11.7. The lowest BCUT2D eigenvalue weighted by Crippen LogP contribution is -2.13. The molecule has 5 rings (SSSR count). The van der Waals surface area contributed by atoms with Crippen LogP contribution >= 0.6 is 0 Å². The summed E-state index contributed by atoms with van der Waals surface area (Å²) in [5.41, 5.74) is 9.68. The van der Waals surface area contributed by atoms with Gasteiger partial charge in [0.25, 0.3) is 0 Å². The van der Waals surface area contributed by atoms with E-state index in [0.29, 0.717) is 46.8 Å². The maximum Gasteiger partial charge on any atom is 0.232 e. The first-order valence-corrected chi connectivity index (χ1v) is 11.7. The van der Waals surface area contributed by atoms with Crippen molar-refractivity contribution in [1.82, 2.24) is 9.55 Å². The van der Waals surface area contributed by atoms with E-state index in [-0.39, 0.29) is 11.3 Å². The van der Waals surface area contributed by atoms with Gasteiger partial charge in [-0.3, -0.25) is 9.59 Å². The molecular formula is C28H26N4O3. The number of aryl methyl sites for hydroxylation is 1. The number of oxazole rings is 1. The SMILES string of the molecule is Nc1ccccc1NC(=O)CCCCCn1cc(-c2nc3ccccc3o2)c(=O)c2ccccc21. The largest absolute Gasteiger partial charge is 0.436 e. The smallest absolute Gasteiger partial charge is 0.232 e. The standard InChI is InChI=1S/C28H26N4O3/c29-21-11-4-5-12-22(21)30-26(33)16-2-1-9-17-32-18-20(27(34)19-10-3-7-14-24(19)32)28-31-23-13-6-8-15-25(23)35-28/h3-8,10-15,18H,1-2,9,16-17,29H2,(H,30,33). The molecule has 0 aliphatic heterocycles. The summed E-state index contributed by atoms with van der Waals surface area (Å²) in [6, 6.07) is 22.3. The Morgan fingerprint density at radius 2 is 1.71 bits per heavy atom. The van der Waals surface area contributed by atoms with Crippen molar-refractivity contribution in [2.24, 2.45) is 0 Å². The van der Waals surface area contributed by atoms with Crippen LogP contribution in [0.25, 0.3) is 33.5 Å². The number of benzene rings is 3. The molecule has 2 aromatic heterocycles. The highest BCUT2D eigenvalue weighted by atomic mass is 16.3. The number of aromatic nitrogens is 2. The van der Waals surface area contributed by atoms with Crippen LogP contribution in [0.4, 0.5) is 11.4 Å². The Hall–Kier alpha value is -4.39. The molecule has 0 fully saturated rings. The maximum atomic E-state index is 13.2. The second-order valence-corrected chi connectivity index (χ2v) is 8.52. The molecule has 3 N–H and O–H groups in total. The Morgan fingerprint density at radius 3 is 2.57 bits per heavy atom. The fourth-order valence-corrected chi connectivity index (χ4v) is 4.24. The van der Waals surface area contributed by atoms with E-state index < -0.39 is 0 Å². The van der Waals surface area contributed by atoms with Crippen LogP contribution in [0.15, 0.2) is 88.2 Å². The van der Waals surface area contributed by atoms with E-state index in [1.807, 2.05) is 66.9 Å². The number of hydrogen-bond donors (Lipinski definition) is 2.